The van der Waals surface area contributed by atoms with E-state index in [4.69, 9.17) is 0 Å². The van der Waals surface area contributed by atoms with Crippen LogP contribution in [0.2, 0.25) is 0 Å². The van der Waals surface area contributed by atoms with E-state index < -0.39 is 0 Å². The molecule has 0 fully saturated rings. The van der Waals surface area contributed by atoms with Crippen LogP contribution in [0.15, 0.2) is 11.4 Å². The van der Waals surface area contributed by atoms with Gasteiger partial charge in [0.25, 0.3) is 0 Å². The van der Waals surface area contributed by atoms with E-state index in [2.05, 4.69) is 34.2 Å². The first-order chi connectivity index (χ1) is 7.02. The van der Waals surface area contributed by atoms with Gasteiger partial charge in [0.2, 0.25) is 5.91 Å². The molecule has 1 N–H and O–H groups in total. The Morgan fingerprint density at radius 2 is 2.27 bits per heavy atom. The van der Waals surface area contributed by atoms with Crippen molar-refractivity contribution in [3.8, 4) is 0 Å². The number of halogens is 1. The van der Waals surface area contributed by atoms with E-state index in [-0.39, 0.29) is 10.7 Å². The Bertz CT molecular complexity index is 335. The largest absolute Gasteiger partial charge is 0.350 e. The highest BCUT2D eigenvalue weighted by atomic mass is 79.9. The molecule has 1 rings (SSSR count). The molecule has 0 radical (unpaired) electrons. The van der Waals surface area contributed by atoms with Crippen LogP contribution in [0, 0.1) is 12.8 Å². The van der Waals surface area contributed by atoms with E-state index in [9.17, 15) is 4.79 Å². The molecule has 0 aliphatic carbocycles. The van der Waals surface area contributed by atoms with Gasteiger partial charge in [-0.25, -0.2) is 0 Å². The Labute approximate surface area is 103 Å². The van der Waals surface area contributed by atoms with Gasteiger partial charge >= 0.3 is 0 Å². The monoisotopic (exact) mass is 289 g/mol. The van der Waals surface area contributed by atoms with E-state index >= 15 is 0 Å². The first kappa shape index (κ1) is 12.7. The third-order valence-electron chi connectivity index (χ3n) is 2.23. The summed E-state index contributed by atoms with van der Waals surface area (Å²) in [4.78, 5) is 12.8. The normalized spacial score (nSPS) is 12.9. The first-order valence-electron chi connectivity index (χ1n) is 4.97. The van der Waals surface area contributed by atoms with Gasteiger partial charge in [-0.05, 0) is 29.9 Å². The second kappa shape index (κ2) is 5.66. The summed E-state index contributed by atoms with van der Waals surface area (Å²) in [6, 6.07) is 2.07. The fraction of sp³-hybridized carbons (Fsp3) is 0.545. The molecule has 1 heterocycles. The van der Waals surface area contributed by atoms with Gasteiger partial charge in [0.1, 0.15) is 0 Å². The maximum atomic E-state index is 11.6. The van der Waals surface area contributed by atoms with E-state index in [1.54, 1.807) is 11.3 Å². The summed E-state index contributed by atoms with van der Waals surface area (Å²) in [5, 5.41) is 4.98. The van der Waals surface area contributed by atoms with Gasteiger partial charge in [0.05, 0.1) is 11.4 Å². The number of thiophene rings is 1. The van der Waals surface area contributed by atoms with Crippen molar-refractivity contribution in [2.45, 2.75) is 32.1 Å². The van der Waals surface area contributed by atoms with Crippen molar-refractivity contribution < 1.29 is 4.79 Å². The lowest BCUT2D eigenvalue weighted by Crippen LogP contribution is -2.33. The molecule has 1 atom stereocenters. The average Bonchev–Trinajstić information content (AvgIpc) is 2.59. The molecule has 0 spiro atoms. The third kappa shape index (κ3) is 3.61. The first-order valence-corrected chi connectivity index (χ1v) is 6.76. The third-order valence-corrected chi connectivity index (χ3v) is 4.72. The number of aryl methyl sites for hydroxylation is 1. The smallest absolute Gasteiger partial charge is 0.234 e. The number of alkyl halides is 1. The zero-order valence-corrected chi connectivity index (χ0v) is 11.6. The highest BCUT2D eigenvalue weighted by Gasteiger charge is 2.18. The predicted octanol–water partition coefficient (Wildman–Crippen LogP) is 3.09. The minimum absolute atomic E-state index is 0.0674. The number of carbonyl (C=O) groups excluding carboxylic acids is 1. The molecule has 1 aromatic heterocycles. The number of hydrogen-bond donors (Lipinski definition) is 1. The lowest BCUT2D eigenvalue weighted by Gasteiger charge is -2.13. The molecular formula is C11H16BrNOS. The maximum Gasteiger partial charge on any atom is 0.234 e. The van der Waals surface area contributed by atoms with Crippen molar-refractivity contribution in [3.63, 3.8) is 0 Å². The molecule has 0 bridgehead atoms. The van der Waals surface area contributed by atoms with Crippen LogP contribution >= 0.6 is 27.3 Å². The minimum atomic E-state index is -0.0993. The fourth-order valence-electron chi connectivity index (χ4n) is 1.15. The zero-order valence-electron chi connectivity index (χ0n) is 9.21. The molecular weight excluding hydrogens is 274 g/mol. The molecule has 15 heavy (non-hydrogen) atoms. The number of carbonyl (C=O) groups is 1. The molecule has 4 heteroatoms. The van der Waals surface area contributed by atoms with Crippen LogP contribution in [0.3, 0.4) is 0 Å². The predicted molar refractivity (Wildman–Crippen MR) is 68.5 cm³/mol. The van der Waals surface area contributed by atoms with Gasteiger partial charge in [-0.15, -0.1) is 11.3 Å². The van der Waals surface area contributed by atoms with Crippen LogP contribution < -0.4 is 5.32 Å². The van der Waals surface area contributed by atoms with E-state index in [0.717, 1.165) is 0 Å². The number of amides is 1. The molecule has 0 aliphatic heterocycles. The Hall–Kier alpha value is -0.350. The Kier molecular flexibility index (Phi) is 4.80. The van der Waals surface area contributed by atoms with Crippen LogP contribution in [0.4, 0.5) is 0 Å². The molecule has 1 aromatic rings. The van der Waals surface area contributed by atoms with Gasteiger partial charge in [0.15, 0.2) is 0 Å². The quantitative estimate of drug-likeness (QED) is 0.848. The Balaban J connectivity index is 2.44. The second-order valence-corrected chi connectivity index (χ2v) is 5.88. The number of nitrogens with one attached hydrogen (secondary N) is 1. The van der Waals surface area contributed by atoms with Crippen LogP contribution in [-0.4, -0.2) is 10.7 Å². The number of rotatable bonds is 4. The van der Waals surface area contributed by atoms with Crippen molar-refractivity contribution in [2.24, 2.45) is 5.92 Å². The minimum Gasteiger partial charge on any atom is -0.350 e. The Morgan fingerprint density at radius 3 is 2.73 bits per heavy atom. The van der Waals surface area contributed by atoms with E-state index in [0.29, 0.717) is 12.5 Å². The summed E-state index contributed by atoms with van der Waals surface area (Å²) >= 11 is 5.06. The summed E-state index contributed by atoms with van der Waals surface area (Å²) in [5.74, 6) is 0.382. The standard InChI is InChI=1S/C11H16BrNOS/c1-7(2)10(12)11(14)13-6-9-8(3)4-5-15-9/h4-5,7,10H,6H2,1-3H3,(H,13,14). The van der Waals surface area contributed by atoms with Crippen molar-refractivity contribution >= 4 is 33.2 Å². The van der Waals surface area contributed by atoms with Gasteiger partial charge in [-0.3, -0.25) is 4.79 Å². The molecule has 0 aliphatic rings. The lowest BCUT2D eigenvalue weighted by molar-refractivity contribution is -0.121. The topological polar surface area (TPSA) is 29.1 Å². The zero-order chi connectivity index (χ0) is 11.4. The van der Waals surface area contributed by atoms with Crippen molar-refractivity contribution in [3.05, 3.63) is 21.9 Å². The maximum absolute atomic E-state index is 11.6. The molecule has 0 aromatic carbocycles. The van der Waals surface area contributed by atoms with Crippen LogP contribution in [0.1, 0.15) is 24.3 Å². The van der Waals surface area contributed by atoms with Gasteiger partial charge in [0, 0.05) is 4.88 Å². The summed E-state index contributed by atoms with van der Waals surface area (Å²) in [5.41, 5.74) is 1.25. The van der Waals surface area contributed by atoms with Gasteiger partial charge < -0.3 is 5.32 Å². The van der Waals surface area contributed by atoms with E-state index in [1.807, 2.05) is 19.2 Å². The van der Waals surface area contributed by atoms with Crippen molar-refractivity contribution in [1.82, 2.24) is 5.32 Å². The van der Waals surface area contributed by atoms with Gasteiger partial charge in [-0.1, -0.05) is 29.8 Å². The van der Waals surface area contributed by atoms with E-state index in [1.165, 1.54) is 10.4 Å². The summed E-state index contributed by atoms with van der Waals surface area (Å²) < 4.78 is 0. The average molecular weight is 290 g/mol. The Morgan fingerprint density at radius 1 is 1.60 bits per heavy atom. The highest BCUT2D eigenvalue weighted by Crippen LogP contribution is 2.16. The molecule has 1 unspecified atom stereocenters. The molecule has 1 amide bonds. The van der Waals surface area contributed by atoms with Crippen LogP contribution in [0.25, 0.3) is 0 Å². The van der Waals surface area contributed by atoms with Gasteiger partial charge in [-0.2, -0.15) is 0 Å². The fourth-order valence-corrected chi connectivity index (χ4v) is 2.16. The highest BCUT2D eigenvalue weighted by molar-refractivity contribution is 9.10. The molecule has 84 valence electrons. The second-order valence-electron chi connectivity index (χ2n) is 3.89. The number of hydrogen-bond acceptors (Lipinski definition) is 2. The summed E-state index contributed by atoms with van der Waals surface area (Å²) in [6.45, 7) is 6.74. The molecule has 0 saturated heterocycles. The SMILES string of the molecule is Cc1ccsc1CNC(=O)C(Br)C(C)C. The lowest BCUT2D eigenvalue weighted by atomic mass is 10.1. The molecule has 2 nitrogen and oxygen atoms in total. The van der Waals surface area contributed by atoms with Crippen LogP contribution in [-0.2, 0) is 11.3 Å². The summed E-state index contributed by atoms with van der Waals surface area (Å²) in [7, 11) is 0. The van der Waals surface area contributed by atoms with Crippen molar-refractivity contribution in [2.75, 3.05) is 0 Å². The summed E-state index contributed by atoms with van der Waals surface area (Å²) in [6.07, 6.45) is 0. The van der Waals surface area contributed by atoms with Crippen molar-refractivity contribution in [1.29, 1.82) is 0 Å². The van der Waals surface area contributed by atoms with Crippen LogP contribution in [0.5, 0.6) is 0 Å². The molecule has 0 saturated carbocycles.